The van der Waals surface area contributed by atoms with Gasteiger partial charge in [0, 0.05) is 18.0 Å². The van der Waals surface area contributed by atoms with Crippen molar-refractivity contribution in [3.8, 4) is 0 Å². The standard InChI is InChI=1S/C7H6ClNO.C2H6/c8-4-7(10)6-2-1-3-9-5-6;1-2/h1-3,5H,4H2;1-2H3. The summed E-state index contributed by atoms with van der Waals surface area (Å²) < 4.78 is 0. The summed E-state index contributed by atoms with van der Waals surface area (Å²) in [4.78, 5) is 14.6. The van der Waals surface area contributed by atoms with Crippen molar-refractivity contribution in [2.75, 3.05) is 5.88 Å². The van der Waals surface area contributed by atoms with Gasteiger partial charge >= 0.3 is 0 Å². The van der Waals surface area contributed by atoms with E-state index in [-0.39, 0.29) is 11.7 Å². The highest BCUT2D eigenvalue weighted by Gasteiger charge is 2.00. The highest BCUT2D eigenvalue weighted by atomic mass is 35.5. The second-order valence-corrected chi connectivity index (χ2v) is 2.07. The largest absolute Gasteiger partial charge is 0.293 e. The van der Waals surface area contributed by atoms with Crippen LogP contribution in [0.3, 0.4) is 0 Å². The van der Waals surface area contributed by atoms with E-state index in [1.165, 1.54) is 6.20 Å². The Hall–Kier alpha value is -0.890. The fraction of sp³-hybridized carbons (Fsp3) is 0.333. The summed E-state index contributed by atoms with van der Waals surface area (Å²) in [5.41, 5.74) is 0.567. The summed E-state index contributed by atoms with van der Waals surface area (Å²) in [5, 5.41) is 0. The second kappa shape index (κ2) is 6.80. The molecule has 12 heavy (non-hydrogen) atoms. The highest BCUT2D eigenvalue weighted by Crippen LogP contribution is 1.97. The average Bonchev–Trinajstić information content (AvgIpc) is 2.21. The summed E-state index contributed by atoms with van der Waals surface area (Å²) in [6.07, 6.45) is 3.12. The molecule has 1 aromatic rings. The first-order valence-corrected chi connectivity index (χ1v) is 4.37. The van der Waals surface area contributed by atoms with Gasteiger partial charge in [0.1, 0.15) is 0 Å². The molecule has 0 fully saturated rings. The smallest absolute Gasteiger partial charge is 0.179 e. The zero-order valence-corrected chi connectivity index (χ0v) is 8.01. The van der Waals surface area contributed by atoms with Gasteiger partial charge in [0.25, 0.3) is 0 Å². The number of pyridine rings is 1. The van der Waals surface area contributed by atoms with Gasteiger partial charge in [-0.2, -0.15) is 0 Å². The van der Waals surface area contributed by atoms with Crippen LogP contribution in [-0.4, -0.2) is 16.6 Å². The molecule has 0 N–H and O–H groups in total. The zero-order chi connectivity index (χ0) is 9.40. The highest BCUT2D eigenvalue weighted by molar-refractivity contribution is 6.30. The molecule has 1 aromatic heterocycles. The molecule has 3 heteroatoms. The number of nitrogens with zero attached hydrogens (tertiary/aromatic N) is 1. The Kier molecular flexibility index (Phi) is 6.29. The molecule has 1 heterocycles. The Labute approximate surface area is 77.6 Å². The van der Waals surface area contributed by atoms with Crippen LogP contribution in [0.2, 0.25) is 0 Å². The van der Waals surface area contributed by atoms with E-state index in [0.29, 0.717) is 5.56 Å². The molecule has 0 bridgehead atoms. The summed E-state index contributed by atoms with van der Waals surface area (Å²) in [7, 11) is 0. The van der Waals surface area contributed by atoms with Crippen LogP contribution in [0.1, 0.15) is 24.2 Å². The van der Waals surface area contributed by atoms with E-state index in [2.05, 4.69) is 4.98 Å². The molecule has 0 radical (unpaired) electrons. The number of halogens is 1. The molecular weight excluding hydrogens is 174 g/mol. The lowest BCUT2D eigenvalue weighted by atomic mass is 10.2. The predicted molar refractivity (Wildman–Crippen MR) is 50.6 cm³/mol. The number of ketones is 1. The number of Topliss-reactive ketones (excluding diaryl/α,β-unsaturated/α-hetero) is 1. The van der Waals surface area contributed by atoms with Crippen molar-refractivity contribution < 1.29 is 4.79 Å². The van der Waals surface area contributed by atoms with Crippen LogP contribution in [-0.2, 0) is 0 Å². The molecule has 0 aliphatic heterocycles. The second-order valence-electron chi connectivity index (χ2n) is 1.80. The van der Waals surface area contributed by atoms with Gasteiger partial charge in [0.05, 0.1) is 5.88 Å². The van der Waals surface area contributed by atoms with Crippen molar-refractivity contribution in [2.45, 2.75) is 13.8 Å². The number of hydrogen-bond acceptors (Lipinski definition) is 2. The molecule has 0 atom stereocenters. The minimum absolute atomic E-state index is 0.0195. The summed E-state index contributed by atoms with van der Waals surface area (Å²) in [5.74, 6) is -0.0686. The monoisotopic (exact) mass is 185 g/mol. The third-order valence-electron chi connectivity index (χ3n) is 1.10. The Balaban J connectivity index is 0.000000561. The molecule has 0 aromatic carbocycles. The normalized spacial score (nSPS) is 8.25. The lowest BCUT2D eigenvalue weighted by molar-refractivity contribution is 0.102. The molecule has 0 saturated carbocycles. The van der Waals surface area contributed by atoms with Gasteiger partial charge in [-0.25, -0.2) is 0 Å². The van der Waals surface area contributed by atoms with Crippen molar-refractivity contribution in [1.29, 1.82) is 0 Å². The van der Waals surface area contributed by atoms with Gasteiger partial charge < -0.3 is 0 Å². The summed E-state index contributed by atoms with van der Waals surface area (Å²) in [6.45, 7) is 4.00. The van der Waals surface area contributed by atoms with Crippen LogP contribution in [0.25, 0.3) is 0 Å². The van der Waals surface area contributed by atoms with Crippen LogP contribution in [0.5, 0.6) is 0 Å². The fourth-order valence-electron chi connectivity index (χ4n) is 0.605. The van der Waals surface area contributed by atoms with Gasteiger partial charge in [-0.05, 0) is 12.1 Å². The van der Waals surface area contributed by atoms with E-state index >= 15 is 0 Å². The van der Waals surface area contributed by atoms with Crippen LogP contribution >= 0.6 is 11.6 Å². The van der Waals surface area contributed by atoms with E-state index in [4.69, 9.17) is 11.6 Å². The number of carbonyl (C=O) groups excluding carboxylic acids is 1. The van der Waals surface area contributed by atoms with E-state index in [9.17, 15) is 4.79 Å². The summed E-state index contributed by atoms with van der Waals surface area (Å²) in [6, 6.07) is 3.40. The van der Waals surface area contributed by atoms with E-state index in [0.717, 1.165) is 0 Å². The third-order valence-corrected chi connectivity index (χ3v) is 1.35. The van der Waals surface area contributed by atoms with E-state index < -0.39 is 0 Å². The SMILES string of the molecule is CC.O=C(CCl)c1cccnc1. The number of hydrogen-bond donors (Lipinski definition) is 0. The molecule has 2 nitrogen and oxygen atoms in total. The minimum Gasteiger partial charge on any atom is -0.293 e. The molecule has 66 valence electrons. The minimum atomic E-state index is -0.0882. The maximum atomic E-state index is 10.8. The van der Waals surface area contributed by atoms with E-state index in [1.807, 2.05) is 13.8 Å². The average molecular weight is 186 g/mol. The molecule has 0 amide bonds. The van der Waals surface area contributed by atoms with Crippen LogP contribution in [0.15, 0.2) is 24.5 Å². The number of alkyl halides is 1. The van der Waals surface area contributed by atoms with Crippen LogP contribution < -0.4 is 0 Å². The molecular formula is C9H12ClNO. The first kappa shape index (κ1) is 11.1. The van der Waals surface area contributed by atoms with Crippen molar-refractivity contribution in [3.63, 3.8) is 0 Å². The van der Waals surface area contributed by atoms with Crippen LogP contribution in [0.4, 0.5) is 0 Å². The van der Waals surface area contributed by atoms with Crippen LogP contribution in [0, 0.1) is 0 Å². The molecule has 0 aliphatic carbocycles. The Bertz CT molecular complexity index is 223. The van der Waals surface area contributed by atoms with Crippen molar-refractivity contribution in [2.24, 2.45) is 0 Å². The van der Waals surface area contributed by atoms with Gasteiger partial charge in [-0.15, -0.1) is 11.6 Å². The summed E-state index contributed by atoms with van der Waals surface area (Å²) >= 11 is 5.31. The Morgan fingerprint density at radius 2 is 2.25 bits per heavy atom. The topological polar surface area (TPSA) is 30.0 Å². The maximum Gasteiger partial charge on any atom is 0.179 e. The molecule has 0 aliphatic rings. The Morgan fingerprint density at radius 3 is 2.67 bits per heavy atom. The van der Waals surface area contributed by atoms with Crippen molar-refractivity contribution >= 4 is 17.4 Å². The maximum absolute atomic E-state index is 10.8. The molecule has 0 spiro atoms. The first-order chi connectivity index (χ1) is 5.84. The number of rotatable bonds is 2. The fourth-order valence-corrected chi connectivity index (χ4v) is 0.759. The van der Waals surface area contributed by atoms with Crippen molar-refractivity contribution in [3.05, 3.63) is 30.1 Å². The van der Waals surface area contributed by atoms with Crippen molar-refractivity contribution in [1.82, 2.24) is 4.98 Å². The Morgan fingerprint density at radius 1 is 1.58 bits per heavy atom. The quantitative estimate of drug-likeness (QED) is 0.524. The lowest BCUT2D eigenvalue weighted by Crippen LogP contribution is -1.99. The number of carbonyl (C=O) groups is 1. The number of aromatic nitrogens is 1. The lowest BCUT2D eigenvalue weighted by Gasteiger charge is -1.91. The van der Waals surface area contributed by atoms with Gasteiger partial charge in [-0.3, -0.25) is 9.78 Å². The van der Waals surface area contributed by atoms with Gasteiger partial charge in [-0.1, -0.05) is 13.8 Å². The molecule has 0 unspecified atom stereocenters. The first-order valence-electron chi connectivity index (χ1n) is 3.84. The van der Waals surface area contributed by atoms with Gasteiger partial charge in [0.15, 0.2) is 5.78 Å². The molecule has 0 saturated heterocycles. The van der Waals surface area contributed by atoms with Gasteiger partial charge in [0.2, 0.25) is 0 Å². The molecule has 1 rings (SSSR count). The third kappa shape index (κ3) is 3.49. The predicted octanol–water partition coefficient (Wildman–Crippen LogP) is 2.53. The zero-order valence-electron chi connectivity index (χ0n) is 7.25. The van der Waals surface area contributed by atoms with E-state index in [1.54, 1.807) is 18.3 Å².